The van der Waals surface area contributed by atoms with Gasteiger partial charge in [0.15, 0.2) is 16.9 Å². The Morgan fingerprint density at radius 1 is 0.468 bits per heavy atom. The number of alkyl halides is 14. The van der Waals surface area contributed by atoms with Crippen LogP contribution in [0.4, 0.5) is 52.7 Å². The zero-order valence-corrected chi connectivity index (χ0v) is 48.8. The van der Waals surface area contributed by atoms with Crippen molar-refractivity contribution in [3.63, 3.8) is 0 Å². The van der Waals surface area contributed by atoms with Crippen molar-refractivity contribution in [2.24, 2.45) is 0 Å². The topological polar surface area (TPSA) is 223 Å². The van der Waals surface area contributed by atoms with E-state index in [2.05, 4.69) is 65.2 Å². The zero-order chi connectivity index (χ0) is 64.3. The monoisotopic (exact) mass is 1400 g/mol. The Morgan fingerprint density at radius 3 is 1.14 bits per heavy atom. The molecule has 0 unspecified atom stereocenters. The number of hydrogen-bond donors (Lipinski definition) is 0. The van der Waals surface area contributed by atoms with Crippen molar-refractivity contribution in [1.82, 2.24) is 73.7 Å². The molecule has 9 aromatic rings. The smallest absolute Gasteiger partial charge is 0.474 e. The fraction of sp³-hybridized carbons (Fsp3) is 0.474. The molecule has 21 nitrogen and oxygen atoms in total. The molecule has 94 heavy (non-hydrogen) atoms. The lowest BCUT2D eigenvalue weighted by atomic mass is 9.80. The third-order valence-corrected chi connectivity index (χ3v) is 14.8. The summed E-state index contributed by atoms with van der Waals surface area (Å²) in [7, 11) is 0.378. The zero-order valence-electron chi connectivity index (χ0n) is 46.5. The van der Waals surface area contributed by atoms with Crippen LogP contribution in [0.3, 0.4) is 0 Å². The Kier molecular flexibility index (Phi) is 23.7. The second kappa shape index (κ2) is 28.8. The molecule has 1 aliphatic heterocycles. The molecule has 4 fully saturated rings. The number of methoxy groups -OCH3 is 1. The number of rotatable bonds is 13. The van der Waals surface area contributed by atoms with Gasteiger partial charge in [0.2, 0.25) is 35.1 Å². The quantitative estimate of drug-likeness (QED) is 0.0594. The first-order valence-corrected chi connectivity index (χ1v) is 27.4. The summed E-state index contributed by atoms with van der Waals surface area (Å²) < 4.78 is 192. The number of fused-ring (bicyclic) bond motifs is 3. The van der Waals surface area contributed by atoms with Gasteiger partial charge in [0, 0.05) is 112 Å². The first-order chi connectivity index (χ1) is 41.5. The Balaban J connectivity index is 0.000000228. The second-order valence-electron chi connectivity index (χ2n) is 21.5. The van der Waals surface area contributed by atoms with E-state index >= 15 is 0 Å². The van der Waals surface area contributed by atoms with Crippen molar-refractivity contribution in [3.05, 3.63) is 115 Å². The summed E-state index contributed by atoms with van der Waals surface area (Å²) in [6.45, 7) is 7.92. The minimum absolute atomic E-state index is 0. The highest BCUT2D eigenvalue weighted by atomic mass is 35.5. The van der Waals surface area contributed by atoms with Crippen LogP contribution in [0.5, 0.6) is 17.6 Å². The predicted octanol–water partition coefficient (Wildman–Crippen LogP) is 14.5. The summed E-state index contributed by atoms with van der Waals surface area (Å²) in [4.78, 5) is 24.2. The predicted molar refractivity (Wildman–Crippen MR) is 324 cm³/mol. The minimum atomic E-state index is -3.68. The van der Waals surface area contributed by atoms with E-state index in [1.165, 1.54) is 61.7 Å². The summed E-state index contributed by atoms with van der Waals surface area (Å²) in [5.74, 6) is -9.27. The molecule has 4 aliphatic rings. The largest absolute Gasteiger partial charge is 0.496 e. The first kappa shape index (κ1) is 77.2. The van der Waals surface area contributed by atoms with Gasteiger partial charge in [0.25, 0.3) is 17.8 Å². The normalized spacial score (nSPS) is 17.6. The fourth-order valence-electron chi connectivity index (χ4n) is 8.72. The molecule has 0 aromatic carbocycles. The van der Waals surface area contributed by atoms with Crippen LogP contribution in [0.2, 0.25) is 5.15 Å². The second-order valence-corrected chi connectivity index (χ2v) is 22.9. The molecular weight excluding hydrogens is 1340 g/mol. The highest BCUT2D eigenvalue weighted by Crippen LogP contribution is 2.43. The number of halogens is 15. The molecule has 3 aliphatic carbocycles. The van der Waals surface area contributed by atoms with Crippen LogP contribution in [0, 0.1) is 0 Å². The van der Waals surface area contributed by atoms with Gasteiger partial charge in [-0.3, -0.25) is 23.2 Å². The SMILES string of the molecule is C.C.C.C.C.CC1(C)OB(c2ccc(OC3CC(F)(F)C3)nc2)OC1(C)C.COC(F)(F)c1nnc2cnc(-c3ccc(OC4CC(F)(F)C4)nc3)cn12.FC(F)(Cl)c1nnc2cnc(Cl)cn12.FC1(F)CC(Oc2ccc(-c3cn4c(C(F)(F)Cl)nnc4cn3)cn2)C1. The van der Waals surface area contributed by atoms with Gasteiger partial charge < -0.3 is 28.3 Å². The molecule has 0 radical (unpaired) electrons. The highest BCUT2D eigenvalue weighted by Gasteiger charge is 2.53. The van der Waals surface area contributed by atoms with E-state index in [0.717, 1.165) is 25.8 Å². The Labute approximate surface area is 546 Å². The van der Waals surface area contributed by atoms with Gasteiger partial charge in [-0.2, -0.15) is 26.3 Å². The van der Waals surface area contributed by atoms with Gasteiger partial charge >= 0.3 is 24.0 Å². The molecule has 10 heterocycles. The molecule has 0 atom stereocenters. The molecule has 3 saturated carbocycles. The van der Waals surface area contributed by atoms with E-state index in [9.17, 15) is 52.7 Å². The van der Waals surface area contributed by atoms with Crippen molar-refractivity contribution in [2.75, 3.05) is 7.11 Å². The van der Waals surface area contributed by atoms with Crippen molar-refractivity contribution < 1.29 is 80.9 Å². The van der Waals surface area contributed by atoms with Crippen molar-refractivity contribution >= 4 is 64.3 Å². The maximum absolute atomic E-state index is 13.8. The summed E-state index contributed by atoms with van der Waals surface area (Å²) in [6.07, 6.45) is 5.01. The van der Waals surface area contributed by atoms with Crippen LogP contribution < -0.4 is 19.7 Å². The number of aromatic nitrogens is 15. The van der Waals surface area contributed by atoms with Crippen LogP contribution in [0.15, 0.2) is 92.2 Å². The lowest BCUT2D eigenvalue weighted by molar-refractivity contribution is -0.237. The Bertz CT molecular complexity index is 3940. The van der Waals surface area contributed by atoms with Crippen molar-refractivity contribution in [1.29, 1.82) is 0 Å². The molecule has 1 saturated heterocycles. The van der Waals surface area contributed by atoms with E-state index in [1.807, 2.05) is 27.7 Å². The van der Waals surface area contributed by atoms with Crippen molar-refractivity contribution in [2.45, 2.75) is 168 Å². The average molecular weight is 1400 g/mol. The van der Waals surface area contributed by atoms with Gasteiger partial charge in [0.1, 0.15) is 23.5 Å². The maximum Gasteiger partial charge on any atom is 0.496 e. The highest BCUT2D eigenvalue weighted by molar-refractivity contribution is 6.62. The molecule has 0 spiro atoms. The molecule has 0 N–H and O–H groups in total. The maximum atomic E-state index is 13.8. The average Bonchev–Trinajstić information content (AvgIpc) is 1.60. The molecule has 512 valence electrons. The number of pyridine rings is 3. The number of nitrogens with zero attached hydrogens (tertiary/aromatic N) is 15. The van der Waals surface area contributed by atoms with Crippen LogP contribution >= 0.6 is 34.8 Å². The first-order valence-electron chi connectivity index (χ1n) is 26.3. The van der Waals surface area contributed by atoms with Crippen LogP contribution in [0.1, 0.15) is 121 Å². The van der Waals surface area contributed by atoms with Crippen LogP contribution in [0.25, 0.3) is 39.5 Å². The van der Waals surface area contributed by atoms with Gasteiger partial charge in [0.05, 0.1) is 41.2 Å². The summed E-state index contributed by atoms with van der Waals surface area (Å²) in [6, 6.07) is 9.66. The van der Waals surface area contributed by atoms with Crippen molar-refractivity contribution in [3.8, 4) is 40.2 Å². The lowest BCUT2D eigenvalue weighted by Gasteiger charge is -2.34. The summed E-state index contributed by atoms with van der Waals surface area (Å²) >= 11 is 15.4. The van der Waals surface area contributed by atoms with E-state index in [1.54, 1.807) is 30.5 Å². The molecule has 0 amide bonds. The summed E-state index contributed by atoms with van der Waals surface area (Å²) in [5.41, 5.74) is 2.05. The van der Waals surface area contributed by atoms with E-state index in [-0.39, 0.29) is 110 Å². The third kappa shape index (κ3) is 17.7. The van der Waals surface area contributed by atoms with Gasteiger partial charge in [-0.1, -0.05) is 54.8 Å². The molecular formula is C57H65BCl3F12N15O6. The number of ether oxygens (including phenoxy) is 4. The molecule has 9 aromatic heterocycles. The number of hydrogen-bond acceptors (Lipinski definition) is 18. The standard InChI is InChI=1S/C16H13F4N5O2.C15H20BF2NO3.C15H10ClF4N5O.C6H2Cl2F2N4.5CH4/c1-26-16(19,20)14-24-23-12-7-21-11(8-25(12)14)9-2-3-13(22-6-9)27-10-4-15(17,18)5-10;1-13(2)14(3,4)22-16(21-13)10-5-6-12(19-9-10)20-11-7-15(17,18)8-11;16-15(19,20)13-24-23-11-6-21-10(7-25(11)13)8-1-2-12(22-5-8)26-9-3-14(17,18)4-9;7-3-2-14-4(1-11-3)12-13-5(14)6(8,9)10;;;;;/h2-3,6-8,10H,4-5H2,1H3;5-6,9,11H,7-8H2,1-4H3;1-2,5-7,9H,3-4H2;1-2H;5*1H4. The fourth-order valence-corrected chi connectivity index (χ4v) is 9.12. The minimum Gasteiger partial charge on any atom is -0.474 e. The van der Waals surface area contributed by atoms with Crippen LogP contribution in [-0.2, 0) is 30.9 Å². The third-order valence-electron chi connectivity index (χ3n) is 14.2. The Morgan fingerprint density at radius 2 is 0.809 bits per heavy atom. The van der Waals surface area contributed by atoms with E-state index < -0.39 is 88.7 Å². The molecule has 0 bridgehead atoms. The lowest BCUT2D eigenvalue weighted by Crippen LogP contribution is -2.43. The molecule has 37 heteroatoms. The molecule has 13 rings (SSSR count). The van der Waals surface area contributed by atoms with E-state index in [4.69, 9.17) is 58.3 Å². The van der Waals surface area contributed by atoms with Gasteiger partial charge in [-0.05, 0) is 69.1 Å². The van der Waals surface area contributed by atoms with E-state index in [0.29, 0.717) is 28.4 Å². The van der Waals surface area contributed by atoms with Gasteiger partial charge in [-0.25, -0.2) is 46.3 Å². The summed E-state index contributed by atoms with van der Waals surface area (Å²) in [5, 5.41) is 13.5. The Hall–Kier alpha value is -7.53. The van der Waals surface area contributed by atoms with Gasteiger partial charge in [-0.15, -0.1) is 30.6 Å². The van der Waals surface area contributed by atoms with Crippen LogP contribution in [-0.4, -0.2) is 135 Å².